The third kappa shape index (κ3) is 3.11. The van der Waals surface area contributed by atoms with Gasteiger partial charge in [0.1, 0.15) is 6.04 Å². The summed E-state index contributed by atoms with van der Waals surface area (Å²) in [6.07, 6.45) is 4.63. The first-order valence-corrected chi connectivity index (χ1v) is 9.89. The molecule has 0 amide bonds. The second-order valence-electron chi connectivity index (χ2n) is 5.92. The molecule has 26 heavy (non-hydrogen) atoms. The van der Waals surface area contributed by atoms with Crippen molar-refractivity contribution in [3.05, 3.63) is 59.7 Å². The van der Waals surface area contributed by atoms with Gasteiger partial charge in [0.2, 0.25) is 21.7 Å². The van der Waals surface area contributed by atoms with Crippen molar-refractivity contribution in [3.63, 3.8) is 0 Å². The molecule has 7 nitrogen and oxygen atoms in total. The number of hydrogen-bond acceptors (Lipinski definition) is 6. The molecule has 0 spiro atoms. The number of benzene rings is 1. The van der Waals surface area contributed by atoms with Crippen molar-refractivity contribution in [2.45, 2.75) is 23.8 Å². The second kappa shape index (κ2) is 6.79. The first-order chi connectivity index (χ1) is 12.6. The molecule has 4 rings (SSSR count). The summed E-state index contributed by atoms with van der Waals surface area (Å²) in [6, 6.07) is 9.20. The standard InChI is InChI=1S/C17H15ClN4O3S/c18-13-3-5-14(6-4-13)26(23,24)22-11-1-2-15(22)17-20-16(21-25-17)12-7-9-19-10-8-12/h3-10,15H,1-2,11H2/t15-/m0/s1. The Balaban J connectivity index is 1.65. The Morgan fingerprint density at radius 1 is 1.12 bits per heavy atom. The molecule has 1 saturated heterocycles. The van der Waals surface area contributed by atoms with E-state index in [0.29, 0.717) is 29.7 Å². The summed E-state index contributed by atoms with van der Waals surface area (Å²) in [5.41, 5.74) is 0.764. The molecular weight excluding hydrogens is 376 g/mol. The van der Waals surface area contributed by atoms with Crippen LogP contribution in [0.15, 0.2) is 58.2 Å². The third-order valence-corrected chi connectivity index (χ3v) is 6.46. The minimum Gasteiger partial charge on any atom is -0.337 e. The first kappa shape index (κ1) is 17.1. The summed E-state index contributed by atoms with van der Waals surface area (Å²) in [6.45, 7) is 0.405. The smallest absolute Gasteiger partial charge is 0.245 e. The van der Waals surface area contributed by atoms with Crippen LogP contribution in [0.2, 0.25) is 5.02 Å². The van der Waals surface area contributed by atoms with Crippen LogP contribution in [0.3, 0.4) is 0 Å². The Morgan fingerprint density at radius 3 is 2.58 bits per heavy atom. The minimum absolute atomic E-state index is 0.197. The third-order valence-electron chi connectivity index (χ3n) is 4.29. The van der Waals surface area contributed by atoms with Crippen molar-refractivity contribution < 1.29 is 12.9 Å². The summed E-state index contributed by atoms with van der Waals surface area (Å²) in [5.74, 6) is 0.713. The van der Waals surface area contributed by atoms with Gasteiger partial charge in [-0.1, -0.05) is 16.8 Å². The van der Waals surface area contributed by atoms with E-state index in [1.54, 1.807) is 36.7 Å². The minimum atomic E-state index is -3.67. The van der Waals surface area contributed by atoms with E-state index in [1.165, 1.54) is 16.4 Å². The molecular formula is C17H15ClN4O3S. The largest absolute Gasteiger partial charge is 0.337 e. The van der Waals surface area contributed by atoms with Gasteiger partial charge in [-0.25, -0.2) is 8.42 Å². The number of nitrogens with zero attached hydrogens (tertiary/aromatic N) is 4. The molecule has 1 fully saturated rings. The van der Waals surface area contributed by atoms with Gasteiger partial charge in [-0.15, -0.1) is 0 Å². The zero-order chi connectivity index (χ0) is 18.1. The van der Waals surface area contributed by atoms with Crippen LogP contribution in [0, 0.1) is 0 Å². The molecule has 0 aliphatic carbocycles. The fourth-order valence-electron chi connectivity index (χ4n) is 3.01. The van der Waals surface area contributed by atoms with Crippen LogP contribution >= 0.6 is 11.6 Å². The lowest BCUT2D eigenvalue weighted by molar-refractivity contribution is 0.290. The van der Waals surface area contributed by atoms with Crippen molar-refractivity contribution in [2.24, 2.45) is 0 Å². The summed E-state index contributed by atoms with van der Waals surface area (Å²) in [4.78, 5) is 8.55. The second-order valence-corrected chi connectivity index (χ2v) is 8.25. The van der Waals surface area contributed by atoms with Gasteiger partial charge < -0.3 is 4.52 Å². The lowest BCUT2D eigenvalue weighted by atomic mass is 10.2. The SMILES string of the molecule is O=S(=O)(c1ccc(Cl)cc1)N1CCC[C@H]1c1nc(-c2ccncc2)no1. The molecule has 3 heterocycles. The zero-order valence-corrected chi connectivity index (χ0v) is 15.2. The van der Waals surface area contributed by atoms with E-state index in [0.717, 1.165) is 12.0 Å². The molecule has 9 heteroatoms. The Labute approximate surface area is 155 Å². The Morgan fingerprint density at radius 2 is 1.85 bits per heavy atom. The molecule has 134 valence electrons. The molecule has 0 unspecified atom stereocenters. The molecule has 0 N–H and O–H groups in total. The number of hydrogen-bond donors (Lipinski definition) is 0. The Bertz CT molecular complexity index is 1010. The van der Waals surface area contributed by atoms with E-state index in [2.05, 4.69) is 15.1 Å². The molecule has 1 aliphatic heterocycles. The van der Waals surface area contributed by atoms with Crippen molar-refractivity contribution >= 4 is 21.6 Å². The number of aromatic nitrogens is 3. The fourth-order valence-corrected chi connectivity index (χ4v) is 4.78. The predicted molar refractivity (Wildman–Crippen MR) is 94.8 cm³/mol. The van der Waals surface area contributed by atoms with Crippen LogP contribution in [-0.4, -0.2) is 34.4 Å². The quantitative estimate of drug-likeness (QED) is 0.678. The summed E-state index contributed by atoms with van der Waals surface area (Å²) in [7, 11) is -3.67. The highest BCUT2D eigenvalue weighted by Crippen LogP contribution is 2.36. The van der Waals surface area contributed by atoms with Crippen LogP contribution < -0.4 is 0 Å². The molecule has 1 atom stereocenters. The summed E-state index contributed by atoms with van der Waals surface area (Å²) >= 11 is 5.86. The maximum absolute atomic E-state index is 13.0. The molecule has 3 aromatic rings. The molecule has 0 saturated carbocycles. The lowest BCUT2D eigenvalue weighted by Gasteiger charge is -2.21. The van der Waals surface area contributed by atoms with Gasteiger partial charge in [-0.05, 0) is 49.2 Å². The van der Waals surface area contributed by atoms with Gasteiger partial charge in [-0.3, -0.25) is 4.98 Å². The maximum atomic E-state index is 13.0. The highest BCUT2D eigenvalue weighted by Gasteiger charge is 2.39. The molecule has 0 bridgehead atoms. The molecule has 0 radical (unpaired) electrons. The van der Waals surface area contributed by atoms with E-state index in [4.69, 9.17) is 16.1 Å². The van der Waals surface area contributed by atoms with Gasteiger partial charge in [0.25, 0.3) is 0 Å². The Kier molecular flexibility index (Phi) is 4.47. The van der Waals surface area contributed by atoms with E-state index in [9.17, 15) is 8.42 Å². The maximum Gasteiger partial charge on any atom is 0.245 e. The van der Waals surface area contributed by atoms with Crippen LogP contribution in [0.4, 0.5) is 0 Å². The van der Waals surface area contributed by atoms with Crippen molar-refractivity contribution in [1.29, 1.82) is 0 Å². The highest BCUT2D eigenvalue weighted by atomic mass is 35.5. The monoisotopic (exact) mass is 390 g/mol. The number of rotatable bonds is 4. The number of sulfonamides is 1. The average Bonchev–Trinajstić information content (AvgIpc) is 3.32. The number of pyridine rings is 1. The summed E-state index contributed by atoms with van der Waals surface area (Å²) < 4.78 is 32.8. The number of halogens is 1. The summed E-state index contributed by atoms with van der Waals surface area (Å²) in [5, 5.41) is 4.47. The van der Waals surface area contributed by atoms with Gasteiger partial charge >= 0.3 is 0 Å². The fraction of sp³-hybridized carbons (Fsp3) is 0.235. The van der Waals surface area contributed by atoms with Crippen molar-refractivity contribution in [3.8, 4) is 11.4 Å². The van der Waals surface area contributed by atoms with E-state index in [1.807, 2.05) is 0 Å². The zero-order valence-electron chi connectivity index (χ0n) is 13.6. The normalized spacial score (nSPS) is 18.3. The predicted octanol–water partition coefficient (Wildman–Crippen LogP) is 3.31. The van der Waals surface area contributed by atoms with Crippen LogP contribution in [0.25, 0.3) is 11.4 Å². The van der Waals surface area contributed by atoms with E-state index >= 15 is 0 Å². The van der Waals surface area contributed by atoms with Crippen molar-refractivity contribution in [1.82, 2.24) is 19.4 Å². The lowest BCUT2D eigenvalue weighted by Crippen LogP contribution is -2.30. The van der Waals surface area contributed by atoms with Gasteiger partial charge in [-0.2, -0.15) is 9.29 Å². The van der Waals surface area contributed by atoms with E-state index < -0.39 is 16.1 Å². The molecule has 1 aromatic carbocycles. The van der Waals surface area contributed by atoms with Crippen LogP contribution in [0.5, 0.6) is 0 Å². The van der Waals surface area contributed by atoms with E-state index in [-0.39, 0.29) is 4.90 Å². The Hall–Kier alpha value is -2.29. The first-order valence-electron chi connectivity index (χ1n) is 8.07. The molecule has 2 aromatic heterocycles. The van der Waals surface area contributed by atoms with Crippen LogP contribution in [0.1, 0.15) is 24.8 Å². The van der Waals surface area contributed by atoms with Gasteiger partial charge in [0.05, 0.1) is 4.90 Å². The van der Waals surface area contributed by atoms with Gasteiger partial charge in [0, 0.05) is 29.5 Å². The van der Waals surface area contributed by atoms with Crippen LogP contribution in [-0.2, 0) is 10.0 Å². The topological polar surface area (TPSA) is 89.2 Å². The molecule has 1 aliphatic rings. The average molecular weight is 391 g/mol. The van der Waals surface area contributed by atoms with Crippen molar-refractivity contribution in [2.75, 3.05) is 6.54 Å². The van der Waals surface area contributed by atoms with Gasteiger partial charge in [0.15, 0.2) is 0 Å². The highest BCUT2D eigenvalue weighted by molar-refractivity contribution is 7.89.